The van der Waals surface area contributed by atoms with Crippen molar-refractivity contribution in [2.24, 2.45) is 0 Å². The van der Waals surface area contributed by atoms with Crippen molar-refractivity contribution in [2.75, 3.05) is 20.8 Å². The Hall–Kier alpha value is -1.55. The van der Waals surface area contributed by atoms with Gasteiger partial charge in [-0.15, -0.1) is 0 Å². The molecule has 20 heavy (non-hydrogen) atoms. The van der Waals surface area contributed by atoms with Gasteiger partial charge in [0.25, 0.3) is 0 Å². The number of methoxy groups -OCH3 is 1. The second kappa shape index (κ2) is 8.59. The van der Waals surface area contributed by atoms with Crippen molar-refractivity contribution in [3.8, 4) is 5.75 Å². The van der Waals surface area contributed by atoms with Crippen molar-refractivity contribution in [1.29, 1.82) is 0 Å². The Morgan fingerprint density at radius 2 is 1.95 bits per heavy atom. The highest BCUT2D eigenvalue weighted by Gasteiger charge is 2.16. The first-order valence-corrected chi connectivity index (χ1v) is 7.10. The van der Waals surface area contributed by atoms with Crippen LogP contribution in [0.15, 0.2) is 24.3 Å². The Balaban J connectivity index is 2.44. The zero-order valence-electron chi connectivity index (χ0n) is 12.8. The van der Waals surface area contributed by atoms with E-state index in [0.717, 1.165) is 12.2 Å². The quantitative estimate of drug-likeness (QED) is 0.743. The molecule has 0 spiro atoms. The number of benzene rings is 1. The standard InChI is InChI=1S/C16H25NO3/c1-5-12(2)13-6-8-14(9-7-13)20-11-10-15(17-3)16(18)19-4/h6-9,12,15,17H,5,10-11H2,1-4H3. The molecule has 0 heterocycles. The van der Waals surface area contributed by atoms with Crippen LogP contribution in [0, 0.1) is 0 Å². The second-order valence-corrected chi connectivity index (χ2v) is 4.88. The predicted molar refractivity (Wildman–Crippen MR) is 80.1 cm³/mol. The van der Waals surface area contributed by atoms with Crippen LogP contribution in [0.4, 0.5) is 0 Å². The maximum atomic E-state index is 11.4. The molecule has 0 aliphatic rings. The molecule has 0 aliphatic carbocycles. The number of hydrogen-bond donors (Lipinski definition) is 1. The molecule has 0 aliphatic heterocycles. The van der Waals surface area contributed by atoms with Gasteiger partial charge in [0.2, 0.25) is 0 Å². The van der Waals surface area contributed by atoms with E-state index in [1.807, 2.05) is 12.1 Å². The maximum absolute atomic E-state index is 11.4. The van der Waals surface area contributed by atoms with E-state index in [1.165, 1.54) is 12.7 Å². The minimum absolute atomic E-state index is 0.261. The van der Waals surface area contributed by atoms with Gasteiger partial charge in [0.1, 0.15) is 11.8 Å². The van der Waals surface area contributed by atoms with Crippen molar-refractivity contribution >= 4 is 5.97 Å². The molecule has 1 rings (SSSR count). The van der Waals surface area contributed by atoms with Gasteiger partial charge >= 0.3 is 5.97 Å². The molecule has 1 aromatic rings. The molecule has 112 valence electrons. The van der Waals surface area contributed by atoms with Gasteiger partial charge in [0.15, 0.2) is 0 Å². The highest BCUT2D eigenvalue weighted by Crippen LogP contribution is 2.21. The lowest BCUT2D eigenvalue weighted by atomic mass is 9.99. The highest BCUT2D eigenvalue weighted by molar-refractivity contribution is 5.75. The third-order valence-corrected chi connectivity index (χ3v) is 3.57. The molecule has 4 nitrogen and oxygen atoms in total. The third-order valence-electron chi connectivity index (χ3n) is 3.57. The molecule has 1 N–H and O–H groups in total. The number of ether oxygens (including phenoxy) is 2. The first kappa shape index (κ1) is 16.5. The van der Waals surface area contributed by atoms with Crippen LogP contribution in [0.5, 0.6) is 5.75 Å². The van der Waals surface area contributed by atoms with E-state index in [0.29, 0.717) is 18.9 Å². The molecule has 0 saturated carbocycles. The molecule has 4 heteroatoms. The summed E-state index contributed by atoms with van der Waals surface area (Å²) in [6, 6.07) is 7.83. The predicted octanol–water partition coefficient (Wildman–Crippen LogP) is 2.73. The molecule has 0 fully saturated rings. The SMILES string of the molecule is CCC(C)c1ccc(OCCC(NC)C(=O)OC)cc1. The first-order chi connectivity index (χ1) is 9.62. The average Bonchev–Trinajstić information content (AvgIpc) is 2.50. The van der Waals surface area contributed by atoms with Gasteiger partial charge < -0.3 is 14.8 Å². The molecule has 0 amide bonds. The second-order valence-electron chi connectivity index (χ2n) is 4.88. The van der Waals surface area contributed by atoms with Crippen LogP contribution >= 0.6 is 0 Å². The summed E-state index contributed by atoms with van der Waals surface area (Å²) in [6.07, 6.45) is 1.71. The summed E-state index contributed by atoms with van der Waals surface area (Å²) in [6.45, 7) is 4.87. The topological polar surface area (TPSA) is 47.6 Å². The van der Waals surface area contributed by atoms with Gasteiger partial charge in [-0.25, -0.2) is 0 Å². The Kier molecular flexibility index (Phi) is 7.09. The van der Waals surface area contributed by atoms with Crippen molar-refractivity contribution in [2.45, 2.75) is 38.6 Å². The normalized spacial score (nSPS) is 13.6. The largest absolute Gasteiger partial charge is 0.494 e. The van der Waals surface area contributed by atoms with E-state index in [2.05, 4.69) is 31.3 Å². The lowest BCUT2D eigenvalue weighted by molar-refractivity contribution is -0.143. The number of esters is 1. The van der Waals surface area contributed by atoms with Crippen molar-refractivity contribution in [1.82, 2.24) is 5.32 Å². The van der Waals surface area contributed by atoms with Crippen molar-refractivity contribution < 1.29 is 14.3 Å². The van der Waals surface area contributed by atoms with E-state index in [4.69, 9.17) is 9.47 Å². The molecule has 0 radical (unpaired) electrons. The van der Waals surface area contributed by atoms with Crippen LogP contribution in [-0.4, -0.2) is 32.8 Å². The van der Waals surface area contributed by atoms with Gasteiger partial charge in [0, 0.05) is 6.42 Å². The van der Waals surface area contributed by atoms with Crippen molar-refractivity contribution in [3.05, 3.63) is 29.8 Å². The number of rotatable bonds is 8. The lowest BCUT2D eigenvalue weighted by Gasteiger charge is -2.14. The number of hydrogen-bond acceptors (Lipinski definition) is 4. The van der Waals surface area contributed by atoms with Crippen LogP contribution in [0.2, 0.25) is 0 Å². The molecule has 2 unspecified atom stereocenters. The van der Waals surface area contributed by atoms with E-state index in [1.54, 1.807) is 7.05 Å². The molecule has 0 aromatic heterocycles. The Morgan fingerprint density at radius 3 is 2.45 bits per heavy atom. The summed E-state index contributed by atoms with van der Waals surface area (Å²) in [5.74, 6) is 1.14. The Bertz CT molecular complexity index is 403. The molecule has 2 atom stereocenters. The van der Waals surface area contributed by atoms with E-state index >= 15 is 0 Å². The minimum Gasteiger partial charge on any atom is -0.494 e. The molecular formula is C16H25NO3. The molecule has 1 aromatic carbocycles. The van der Waals surface area contributed by atoms with Crippen molar-refractivity contribution in [3.63, 3.8) is 0 Å². The third kappa shape index (κ3) is 4.85. The van der Waals surface area contributed by atoms with Gasteiger partial charge in [-0.2, -0.15) is 0 Å². The number of carbonyl (C=O) groups is 1. The van der Waals surface area contributed by atoms with Crippen LogP contribution in [0.1, 0.15) is 38.2 Å². The highest BCUT2D eigenvalue weighted by atomic mass is 16.5. The number of likely N-dealkylation sites (N-methyl/N-ethyl adjacent to an activating group) is 1. The lowest BCUT2D eigenvalue weighted by Crippen LogP contribution is -2.36. The fraction of sp³-hybridized carbons (Fsp3) is 0.562. The monoisotopic (exact) mass is 279 g/mol. The Morgan fingerprint density at radius 1 is 1.30 bits per heavy atom. The smallest absolute Gasteiger partial charge is 0.322 e. The summed E-state index contributed by atoms with van der Waals surface area (Å²) >= 11 is 0. The summed E-state index contributed by atoms with van der Waals surface area (Å²) in [7, 11) is 3.13. The summed E-state index contributed by atoms with van der Waals surface area (Å²) in [5, 5.41) is 2.92. The van der Waals surface area contributed by atoms with Crippen LogP contribution in [-0.2, 0) is 9.53 Å². The van der Waals surface area contributed by atoms with Gasteiger partial charge in [-0.1, -0.05) is 26.0 Å². The van der Waals surface area contributed by atoms with E-state index in [-0.39, 0.29) is 12.0 Å². The number of nitrogens with one attached hydrogen (secondary N) is 1. The minimum atomic E-state index is -0.320. The van der Waals surface area contributed by atoms with Gasteiger partial charge in [-0.3, -0.25) is 4.79 Å². The zero-order chi connectivity index (χ0) is 15.0. The Labute approximate surface area is 121 Å². The maximum Gasteiger partial charge on any atom is 0.322 e. The zero-order valence-corrected chi connectivity index (χ0v) is 12.8. The number of carbonyl (C=O) groups excluding carboxylic acids is 1. The van der Waals surface area contributed by atoms with E-state index in [9.17, 15) is 4.79 Å². The molecule has 0 bridgehead atoms. The van der Waals surface area contributed by atoms with E-state index < -0.39 is 0 Å². The van der Waals surface area contributed by atoms with Gasteiger partial charge in [0.05, 0.1) is 13.7 Å². The fourth-order valence-corrected chi connectivity index (χ4v) is 1.95. The van der Waals surface area contributed by atoms with Crippen LogP contribution in [0.3, 0.4) is 0 Å². The first-order valence-electron chi connectivity index (χ1n) is 7.10. The summed E-state index contributed by atoms with van der Waals surface area (Å²) < 4.78 is 10.4. The molecule has 0 saturated heterocycles. The fourth-order valence-electron chi connectivity index (χ4n) is 1.95. The van der Waals surface area contributed by atoms with Crippen LogP contribution in [0.25, 0.3) is 0 Å². The van der Waals surface area contributed by atoms with Gasteiger partial charge in [-0.05, 0) is 37.1 Å². The molecular weight excluding hydrogens is 254 g/mol. The summed E-state index contributed by atoms with van der Waals surface area (Å²) in [5.41, 5.74) is 1.32. The van der Waals surface area contributed by atoms with Crippen LogP contribution < -0.4 is 10.1 Å². The summed E-state index contributed by atoms with van der Waals surface area (Å²) in [4.78, 5) is 11.4. The average molecular weight is 279 g/mol.